The van der Waals surface area contributed by atoms with Gasteiger partial charge in [-0.2, -0.15) is 0 Å². The predicted molar refractivity (Wildman–Crippen MR) is 112 cm³/mol. The minimum atomic E-state index is -0.450. The van der Waals surface area contributed by atoms with Crippen LogP contribution in [0.25, 0.3) is 0 Å². The Morgan fingerprint density at radius 2 is 1.90 bits per heavy atom. The van der Waals surface area contributed by atoms with Crippen LogP contribution in [0.15, 0.2) is 42.5 Å². The first-order valence-corrected chi connectivity index (χ1v) is 10.2. The van der Waals surface area contributed by atoms with Crippen LogP contribution < -0.4 is 15.0 Å². The van der Waals surface area contributed by atoms with Crippen molar-refractivity contribution in [3.63, 3.8) is 0 Å². The zero-order chi connectivity index (χ0) is 20.2. The number of nitrogens with one attached hydrogen (secondary N) is 1. The van der Waals surface area contributed by atoms with Gasteiger partial charge in [0.2, 0.25) is 0 Å². The molecular formula is C22H23ClN2O4. The van der Waals surface area contributed by atoms with Crippen LogP contribution in [-0.2, 0) is 20.7 Å². The number of halogens is 1. The molecule has 0 bridgehead atoms. The Morgan fingerprint density at radius 3 is 2.66 bits per heavy atom. The van der Waals surface area contributed by atoms with Crippen molar-refractivity contribution in [2.45, 2.75) is 19.3 Å². The lowest BCUT2D eigenvalue weighted by Gasteiger charge is -2.24. The van der Waals surface area contributed by atoms with Crippen LogP contribution in [0, 0.1) is 5.92 Å². The van der Waals surface area contributed by atoms with Gasteiger partial charge in [0, 0.05) is 29.5 Å². The third-order valence-electron chi connectivity index (χ3n) is 5.23. The molecule has 0 aliphatic carbocycles. The van der Waals surface area contributed by atoms with Gasteiger partial charge in [0.1, 0.15) is 12.4 Å². The van der Waals surface area contributed by atoms with E-state index in [1.807, 2.05) is 24.3 Å². The van der Waals surface area contributed by atoms with Gasteiger partial charge in [-0.1, -0.05) is 11.6 Å². The van der Waals surface area contributed by atoms with Crippen molar-refractivity contribution in [2.75, 3.05) is 36.5 Å². The molecule has 7 heteroatoms. The summed E-state index contributed by atoms with van der Waals surface area (Å²) in [5.74, 6) is -0.537. The molecule has 29 heavy (non-hydrogen) atoms. The van der Waals surface area contributed by atoms with Crippen molar-refractivity contribution in [1.82, 2.24) is 0 Å². The van der Waals surface area contributed by atoms with Crippen LogP contribution in [-0.4, -0.2) is 38.2 Å². The molecule has 2 aromatic rings. The summed E-state index contributed by atoms with van der Waals surface area (Å²) in [4.78, 5) is 26.8. The SMILES string of the molecule is O=C(COC(=O)[C@H]1COc2ccc(Cl)cc2C1)Nc1ccc(N2CCCC2)cc1. The molecule has 0 saturated carbocycles. The number of nitrogens with zero attached hydrogens (tertiary/aromatic N) is 1. The van der Waals surface area contributed by atoms with Gasteiger partial charge in [0.25, 0.3) is 5.91 Å². The summed E-state index contributed by atoms with van der Waals surface area (Å²) in [7, 11) is 0. The van der Waals surface area contributed by atoms with E-state index in [-0.39, 0.29) is 19.1 Å². The highest BCUT2D eigenvalue weighted by atomic mass is 35.5. The van der Waals surface area contributed by atoms with Crippen LogP contribution in [0.1, 0.15) is 18.4 Å². The predicted octanol–water partition coefficient (Wildman–Crippen LogP) is 3.67. The molecule has 0 aromatic heterocycles. The molecule has 1 amide bonds. The zero-order valence-electron chi connectivity index (χ0n) is 16.0. The highest BCUT2D eigenvalue weighted by Gasteiger charge is 2.28. The first kappa shape index (κ1) is 19.6. The Bertz CT molecular complexity index is 894. The molecule has 1 saturated heterocycles. The first-order chi connectivity index (χ1) is 14.1. The fraction of sp³-hybridized carbons (Fsp3) is 0.364. The zero-order valence-corrected chi connectivity index (χ0v) is 16.8. The van der Waals surface area contributed by atoms with Crippen LogP contribution in [0.2, 0.25) is 5.02 Å². The number of hydrogen-bond acceptors (Lipinski definition) is 5. The molecule has 1 fully saturated rings. The van der Waals surface area contributed by atoms with Gasteiger partial charge >= 0.3 is 5.97 Å². The Hall–Kier alpha value is -2.73. The summed E-state index contributed by atoms with van der Waals surface area (Å²) in [6.07, 6.45) is 2.91. The smallest absolute Gasteiger partial charge is 0.313 e. The van der Waals surface area contributed by atoms with Crippen molar-refractivity contribution in [2.24, 2.45) is 5.92 Å². The molecule has 1 atom stereocenters. The first-order valence-electron chi connectivity index (χ1n) is 9.81. The topological polar surface area (TPSA) is 67.9 Å². The van der Waals surface area contributed by atoms with Crippen LogP contribution in [0.4, 0.5) is 11.4 Å². The minimum Gasteiger partial charge on any atom is -0.492 e. The van der Waals surface area contributed by atoms with E-state index < -0.39 is 11.9 Å². The minimum absolute atomic E-state index is 0.229. The Labute approximate surface area is 174 Å². The lowest BCUT2D eigenvalue weighted by atomic mass is 9.97. The lowest BCUT2D eigenvalue weighted by molar-refractivity contribution is -0.152. The average Bonchev–Trinajstić information content (AvgIpc) is 3.27. The van der Waals surface area contributed by atoms with Gasteiger partial charge in [0.05, 0.1) is 5.92 Å². The van der Waals surface area contributed by atoms with E-state index in [9.17, 15) is 9.59 Å². The van der Waals surface area contributed by atoms with Gasteiger partial charge in [-0.25, -0.2) is 0 Å². The molecule has 0 radical (unpaired) electrons. The second-order valence-corrected chi connectivity index (χ2v) is 7.80. The molecule has 1 N–H and O–H groups in total. The van der Waals surface area contributed by atoms with Gasteiger partial charge in [-0.3, -0.25) is 9.59 Å². The number of fused-ring (bicyclic) bond motifs is 1. The number of carbonyl (C=O) groups is 2. The standard InChI is InChI=1S/C22H23ClN2O4/c23-17-3-8-20-15(12-17)11-16(13-28-20)22(27)29-14-21(26)24-18-4-6-19(7-5-18)25-9-1-2-10-25/h3-8,12,16H,1-2,9-11,13-14H2,(H,24,26)/t16-/m1/s1. The summed E-state index contributed by atoms with van der Waals surface area (Å²) in [5.41, 5.74) is 2.71. The molecule has 0 spiro atoms. The van der Waals surface area contributed by atoms with E-state index in [0.29, 0.717) is 17.1 Å². The largest absolute Gasteiger partial charge is 0.492 e. The van der Waals surface area contributed by atoms with Crippen LogP contribution in [0.3, 0.4) is 0 Å². The van der Waals surface area contributed by atoms with E-state index in [2.05, 4.69) is 10.2 Å². The maximum Gasteiger partial charge on any atom is 0.313 e. The van der Waals surface area contributed by atoms with Gasteiger partial charge in [-0.15, -0.1) is 0 Å². The number of hydrogen-bond donors (Lipinski definition) is 1. The summed E-state index contributed by atoms with van der Waals surface area (Å²) >= 11 is 6.00. The van der Waals surface area contributed by atoms with Crippen molar-refractivity contribution < 1.29 is 19.1 Å². The number of rotatable bonds is 5. The molecule has 4 rings (SSSR count). The number of amides is 1. The van der Waals surface area contributed by atoms with Gasteiger partial charge in [-0.05, 0) is 67.3 Å². The van der Waals surface area contributed by atoms with Crippen LogP contribution in [0.5, 0.6) is 5.75 Å². The summed E-state index contributed by atoms with van der Waals surface area (Å²) in [6.45, 7) is 2.05. The number of anilines is 2. The summed E-state index contributed by atoms with van der Waals surface area (Å²) < 4.78 is 10.8. The average molecular weight is 415 g/mol. The quantitative estimate of drug-likeness (QED) is 0.756. The van der Waals surface area contributed by atoms with E-state index in [4.69, 9.17) is 21.1 Å². The Morgan fingerprint density at radius 1 is 1.14 bits per heavy atom. The molecular weight excluding hydrogens is 392 g/mol. The maximum absolute atomic E-state index is 12.3. The summed E-state index contributed by atoms with van der Waals surface area (Å²) in [6, 6.07) is 13.0. The number of esters is 1. The van der Waals surface area contributed by atoms with Crippen molar-refractivity contribution >= 4 is 34.9 Å². The van der Waals surface area contributed by atoms with Gasteiger partial charge in [0.15, 0.2) is 6.61 Å². The van der Waals surface area contributed by atoms with E-state index in [0.717, 1.165) is 30.1 Å². The maximum atomic E-state index is 12.3. The summed E-state index contributed by atoms with van der Waals surface area (Å²) in [5, 5.41) is 3.35. The lowest BCUT2D eigenvalue weighted by Crippen LogP contribution is -2.32. The molecule has 152 valence electrons. The highest BCUT2D eigenvalue weighted by Crippen LogP contribution is 2.30. The van der Waals surface area contributed by atoms with E-state index >= 15 is 0 Å². The van der Waals surface area contributed by atoms with Crippen molar-refractivity contribution in [1.29, 1.82) is 0 Å². The third-order valence-corrected chi connectivity index (χ3v) is 5.47. The molecule has 2 aliphatic rings. The fourth-order valence-corrected chi connectivity index (χ4v) is 3.89. The molecule has 2 aliphatic heterocycles. The fourth-order valence-electron chi connectivity index (χ4n) is 3.70. The number of ether oxygens (including phenoxy) is 2. The molecule has 6 nitrogen and oxygen atoms in total. The second kappa shape index (κ2) is 8.74. The van der Waals surface area contributed by atoms with Crippen molar-refractivity contribution in [3.05, 3.63) is 53.1 Å². The van der Waals surface area contributed by atoms with E-state index in [1.165, 1.54) is 12.8 Å². The number of benzene rings is 2. The highest BCUT2D eigenvalue weighted by molar-refractivity contribution is 6.30. The molecule has 2 aromatic carbocycles. The van der Waals surface area contributed by atoms with Gasteiger partial charge < -0.3 is 19.7 Å². The molecule has 0 unspecified atom stereocenters. The van der Waals surface area contributed by atoms with Crippen molar-refractivity contribution in [3.8, 4) is 5.75 Å². The monoisotopic (exact) mass is 414 g/mol. The van der Waals surface area contributed by atoms with Crippen LogP contribution >= 0.6 is 11.6 Å². The normalized spacial score (nSPS) is 18.0. The Kier molecular flexibility index (Phi) is 5.90. The second-order valence-electron chi connectivity index (χ2n) is 7.36. The number of carbonyl (C=O) groups excluding carboxylic acids is 2. The third kappa shape index (κ3) is 4.82. The van der Waals surface area contributed by atoms with E-state index in [1.54, 1.807) is 18.2 Å². The molecule has 2 heterocycles. The Balaban J connectivity index is 1.25.